The molecule has 0 bridgehead atoms. The van der Waals surface area contributed by atoms with Crippen molar-refractivity contribution in [3.05, 3.63) is 0 Å². The fraction of sp³-hybridized carbons (Fsp3) is 0.800. The average molecular weight is 232 g/mol. The van der Waals surface area contributed by atoms with Gasteiger partial charge in [0, 0.05) is 19.7 Å². The highest BCUT2D eigenvalue weighted by molar-refractivity contribution is 5.82. The maximum Gasteiger partial charge on any atom is 0.325 e. The van der Waals surface area contributed by atoms with E-state index in [0.717, 1.165) is 0 Å². The number of nitrogens with one attached hydrogen (secondary N) is 1. The SMILES string of the molecule is CCOCCN(CC)C(=O)N[C@@H](C)C(=O)O. The lowest BCUT2D eigenvalue weighted by atomic mass is 10.3. The van der Waals surface area contributed by atoms with Crippen LogP contribution >= 0.6 is 0 Å². The van der Waals surface area contributed by atoms with Gasteiger partial charge in [0.25, 0.3) is 0 Å². The van der Waals surface area contributed by atoms with Crippen LogP contribution in [0.3, 0.4) is 0 Å². The molecule has 94 valence electrons. The van der Waals surface area contributed by atoms with E-state index in [9.17, 15) is 9.59 Å². The number of amides is 2. The van der Waals surface area contributed by atoms with Crippen molar-refractivity contribution in [1.82, 2.24) is 10.2 Å². The quantitative estimate of drug-likeness (QED) is 0.627. The molecule has 0 saturated carbocycles. The molecule has 0 aromatic heterocycles. The minimum Gasteiger partial charge on any atom is -0.480 e. The first-order chi connectivity index (χ1) is 7.52. The van der Waals surface area contributed by atoms with Gasteiger partial charge in [0.2, 0.25) is 0 Å². The van der Waals surface area contributed by atoms with Crippen molar-refractivity contribution in [2.75, 3.05) is 26.3 Å². The van der Waals surface area contributed by atoms with Gasteiger partial charge in [-0.2, -0.15) is 0 Å². The maximum absolute atomic E-state index is 11.6. The van der Waals surface area contributed by atoms with Gasteiger partial charge in [0.1, 0.15) is 6.04 Å². The molecule has 16 heavy (non-hydrogen) atoms. The van der Waals surface area contributed by atoms with Gasteiger partial charge < -0.3 is 20.1 Å². The molecule has 0 unspecified atom stereocenters. The van der Waals surface area contributed by atoms with Crippen LogP contribution in [-0.2, 0) is 9.53 Å². The number of aliphatic carboxylic acids is 1. The summed E-state index contributed by atoms with van der Waals surface area (Å²) in [5.41, 5.74) is 0. The first kappa shape index (κ1) is 14.7. The van der Waals surface area contributed by atoms with Crippen LogP contribution in [0.1, 0.15) is 20.8 Å². The number of nitrogens with zero attached hydrogens (tertiary/aromatic N) is 1. The summed E-state index contributed by atoms with van der Waals surface area (Å²) >= 11 is 0. The van der Waals surface area contributed by atoms with Crippen LogP contribution in [0.15, 0.2) is 0 Å². The number of ether oxygens (including phenoxy) is 1. The van der Waals surface area contributed by atoms with Crippen LogP contribution < -0.4 is 5.32 Å². The Kier molecular flexibility index (Phi) is 7.28. The monoisotopic (exact) mass is 232 g/mol. The normalized spacial score (nSPS) is 11.9. The minimum atomic E-state index is -1.05. The molecule has 2 N–H and O–H groups in total. The lowest BCUT2D eigenvalue weighted by molar-refractivity contribution is -0.138. The van der Waals surface area contributed by atoms with Crippen LogP contribution in [0.5, 0.6) is 0 Å². The van der Waals surface area contributed by atoms with Crippen molar-refractivity contribution >= 4 is 12.0 Å². The molecular weight excluding hydrogens is 212 g/mol. The first-order valence-corrected chi connectivity index (χ1v) is 5.38. The van der Waals surface area contributed by atoms with Crippen molar-refractivity contribution < 1.29 is 19.4 Å². The third kappa shape index (κ3) is 5.55. The van der Waals surface area contributed by atoms with Gasteiger partial charge in [-0.3, -0.25) is 4.79 Å². The van der Waals surface area contributed by atoms with E-state index >= 15 is 0 Å². The van der Waals surface area contributed by atoms with Gasteiger partial charge in [-0.25, -0.2) is 4.79 Å². The number of carboxylic acids is 1. The highest BCUT2D eigenvalue weighted by atomic mass is 16.5. The molecule has 0 aliphatic rings. The Morgan fingerprint density at radius 1 is 1.44 bits per heavy atom. The molecule has 0 fully saturated rings. The lowest BCUT2D eigenvalue weighted by Crippen LogP contribution is -2.47. The van der Waals surface area contributed by atoms with Crippen LogP contribution in [-0.4, -0.2) is 54.4 Å². The summed E-state index contributed by atoms with van der Waals surface area (Å²) < 4.78 is 5.13. The number of carbonyl (C=O) groups is 2. The van der Waals surface area contributed by atoms with Crippen molar-refractivity contribution in [3.63, 3.8) is 0 Å². The Morgan fingerprint density at radius 3 is 2.50 bits per heavy atom. The molecule has 0 radical (unpaired) electrons. The van der Waals surface area contributed by atoms with E-state index in [2.05, 4.69) is 5.32 Å². The molecule has 6 heteroatoms. The van der Waals surface area contributed by atoms with Gasteiger partial charge in [0.15, 0.2) is 0 Å². The third-order valence-corrected chi connectivity index (χ3v) is 2.09. The molecule has 0 aromatic carbocycles. The van der Waals surface area contributed by atoms with Gasteiger partial charge in [0.05, 0.1) is 6.61 Å². The molecule has 0 rings (SSSR count). The Labute approximate surface area is 95.6 Å². The van der Waals surface area contributed by atoms with Gasteiger partial charge in [-0.15, -0.1) is 0 Å². The third-order valence-electron chi connectivity index (χ3n) is 2.09. The Balaban J connectivity index is 4.05. The zero-order valence-electron chi connectivity index (χ0n) is 10.0. The van der Waals surface area contributed by atoms with Gasteiger partial charge in [-0.05, 0) is 20.8 Å². The second-order valence-corrected chi connectivity index (χ2v) is 3.29. The van der Waals surface area contributed by atoms with Crippen molar-refractivity contribution in [2.45, 2.75) is 26.8 Å². The predicted octanol–water partition coefficient (Wildman–Crippen LogP) is 0.527. The zero-order chi connectivity index (χ0) is 12.6. The summed E-state index contributed by atoms with van der Waals surface area (Å²) in [4.78, 5) is 23.6. The van der Waals surface area contributed by atoms with E-state index in [1.165, 1.54) is 11.8 Å². The molecular formula is C10H20N2O4. The molecule has 1 atom stereocenters. The highest BCUT2D eigenvalue weighted by Crippen LogP contribution is 1.92. The standard InChI is InChI=1S/C10H20N2O4/c1-4-12(6-7-16-5-2)10(15)11-8(3)9(13)14/h8H,4-7H2,1-3H3,(H,11,15)(H,13,14)/t8-/m0/s1. The van der Waals surface area contributed by atoms with Crippen LogP contribution in [0.4, 0.5) is 4.79 Å². The molecule has 0 heterocycles. The van der Waals surface area contributed by atoms with Crippen LogP contribution in [0, 0.1) is 0 Å². The number of hydrogen-bond donors (Lipinski definition) is 2. The summed E-state index contributed by atoms with van der Waals surface area (Å²) in [5.74, 6) is -1.05. The lowest BCUT2D eigenvalue weighted by Gasteiger charge is -2.22. The fourth-order valence-corrected chi connectivity index (χ4v) is 1.06. The number of carbonyl (C=O) groups excluding carboxylic acids is 1. The summed E-state index contributed by atoms with van der Waals surface area (Å²) in [6.45, 7) is 7.17. The molecule has 0 aliphatic carbocycles. The molecule has 0 saturated heterocycles. The van der Waals surface area contributed by atoms with Crippen LogP contribution in [0.25, 0.3) is 0 Å². The minimum absolute atomic E-state index is 0.378. The number of urea groups is 1. The van der Waals surface area contributed by atoms with Crippen LogP contribution in [0.2, 0.25) is 0 Å². The molecule has 6 nitrogen and oxygen atoms in total. The largest absolute Gasteiger partial charge is 0.480 e. The second-order valence-electron chi connectivity index (χ2n) is 3.29. The maximum atomic E-state index is 11.6. The van der Waals surface area contributed by atoms with Crippen molar-refractivity contribution in [1.29, 1.82) is 0 Å². The Bertz CT molecular complexity index is 233. The Morgan fingerprint density at radius 2 is 2.06 bits per heavy atom. The Hall–Kier alpha value is -1.30. The highest BCUT2D eigenvalue weighted by Gasteiger charge is 2.17. The van der Waals surface area contributed by atoms with Gasteiger partial charge in [-0.1, -0.05) is 0 Å². The number of carboxylic acid groups (broad SMARTS) is 1. The zero-order valence-corrected chi connectivity index (χ0v) is 10.0. The fourth-order valence-electron chi connectivity index (χ4n) is 1.06. The number of likely N-dealkylation sites (N-methyl/N-ethyl adjacent to an activating group) is 1. The van der Waals surface area contributed by atoms with E-state index in [4.69, 9.17) is 9.84 Å². The smallest absolute Gasteiger partial charge is 0.325 e. The van der Waals surface area contributed by atoms with Crippen molar-refractivity contribution in [3.8, 4) is 0 Å². The van der Waals surface area contributed by atoms with E-state index in [-0.39, 0.29) is 6.03 Å². The van der Waals surface area contributed by atoms with Crippen molar-refractivity contribution in [2.24, 2.45) is 0 Å². The predicted molar refractivity (Wildman–Crippen MR) is 59.4 cm³/mol. The van der Waals surface area contributed by atoms with Gasteiger partial charge >= 0.3 is 12.0 Å². The first-order valence-electron chi connectivity index (χ1n) is 5.38. The summed E-state index contributed by atoms with van der Waals surface area (Å²) in [6, 6.07) is -1.26. The topological polar surface area (TPSA) is 78.9 Å². The second kappa shape index (κ2) is 7.92. The molecule has 0 aliphatic heterocycles. The molecule has 2 amide bonds. The average Bonchev–Trinajstić information content (AvgIpc) is 2.24. The van der Waals surface area contributed by atoms with E-state index in [1.54, 1.807) is 0 Å². The molecule has 0 aromatic rings. The summed E-state index contributed by atoms with van der Waals surface area (Å²) in [7, 11) is 0. The summed E-state index contributed by atoms with van der Waals surface area (Å²) in [5, 5.41) is 11.0. The van der Waals surface area contributed by atoms with E-state index < -0.39 is 12.0 Å². The number of rotatable bonds is 7. The van der Waals surface area contributed by atoms with E-state index in [0.29, 0.717) is 26.3 Å². The number of hydrogen-bond acceptors (Lipinski definition) is 3. The molecule has 0 spiro atoms. The van der Waals surface area contributed by atoms with E-state index in [1.807, 2.05) is 13.8 Å². The summed E-state index contributed by atoms with van der Waals surface area (Å²) in [6.07, 6.45) is 0.